The van der Waals surface area contributed by atoms with E-state index in [1.54, 1.807) is 0 Å². The number of aliphatic hydroxyl groups excluding tert-OH is 1. The van der Waals surface area contributed by atoms with Gasteiger partial charge in [-0.1, -0.05) is 20.8 Å². The van der Waals surface area contributed by atoms with Gasteiger partial charge in [0.1, 0.15) is 0 Å². The van der Waals surface area contributed by atoms with Crippen molar-refractivity contribution in [2.45, 2.75) is 59.0 Å². The Labute approximate surface area is 117 Å². The van der Waals surface area contributed by atoms with Crippen molar-refractivity contribution in [2.24, 2.45) is 23.0 Å². The first-order valence-electron chi connectivity index (χ1n) is 7.47. The number of carbonyl (C=O) groups excluding carboxylic acids is 1. The zero-order valence-electron chi connectivity index (χ0n) is 12.6. The normalized spacial score (nSPS) is 24.7. The molecule has 0 aromatic heterocycles. The average molecular weight is 270 g/mol. The predicted octanol–water partition coefficient (Wildman–Crippen LogP) is 1.66. The Balaban J connectivity index is 2.20. The third kappa shape index (κ3) is 5.91. The Morgan fingerprint density at radius 3 is 2.47 bits per heavy atom. The lowest BCUT2D eigenvalue weighted by Crippen LogP contribution is -2.38. The van der Waals surface area contributed by atoms with E-state index in [0.717, 1.165) is 25.7 Å². The first-order chi connectivity index (χ1) is 8.82. The fourth-order valence-corrected chi connectivity index (χ4v) is 2.73. The van der Waals surface area contributed by atoms with Gasteiger partial charge >= 0.3 is 0 Å². The van der Waals surface area contributed by atoms with E-state index in [1.165, 1.54) is 0 Å². The molecule has 1 unspecified atom stereocenters. The van der Waals surface area contributed by atoms with Gasteiger partial charge in [-0.15, -0.1) is 0 Å². The van der Waals surface area contributed by atoms with Crippen molar-refractivity contribution in [1.82, 2.24) is 5.32 Å². The summed E-state index contributed by atoms with van der Waals surface area (Å²) in [5.41, 5.74) is 5.85. The molecule has 1 amide bonds. The molecule has 4 N–H and O–H groups in total. The number of hydrogen-bond acceptors (Lipinski definition) is 3. The van der Waals surface area contributed by atoms with Crippen molar-refractivity contribution < 1.29 is 9.90 Å². The van der Waals surface area contributed by atoms with Crippen LogP contribution in [0.2, 0.25) is 0 Å². The van der Waals surface area contributed by atoms with Gasteiger partial charge in [-0.2, -0.15) is 0 Å². The molecule has 1 atom stereocenters. The molecule has 1 aliphatic carbocycles. The molecule has 112 valence electrons. The minimum atomic E-state index is -0.142. The molecule has 0 spiro atoms. The molecule has 0 heterocycles. The average Bonchev–Trinajstić information content (AvgIpc) is 2.27. The Kier molecular flexibility index (Phi) is 6.27. The fourth-order valence-electron chi connectivity index (χ4n) is 2.73. The zero-order chi connectivity index (χ0) is 14.5. The predicted molar refractivity (Wildman–Crippen MR) is 77.6 cm³/mol. The number of nitrogens with two attached hydrogens (primary N) is 1. The van der Waals surface area contributed by atoms with E-state index in [4.69, 9.17) is 5.73 Å². The number of amides is 1. The summed E-state index contributed by atoms with van der Waals surface area (Å²) in [6.07, 6.45) is 3.98. The largest absolute Gasteiger partial charge is 0.393 e. The highest BCUT2D eigenvalue weighted by Gasteiger charge is 2.28. The number of rotatable bonds is 7. The minimum absolute atomic E-state index is 0.132. The van der Waals surface area contributed by atoms with Crippen LogP contribution in [0, 0.1) is 17.3 Å². The smallest absolute Gasteiger partial charge is 0.220 e. The maximum Gasteiger partial charge on any atom is 0.220 e. The van der Waals surface area contributed by atoms with Crippen molar-refractivity contribution in [2.75, 3.05) is 13.1 Å². The van der Waals surface area contributed by atoms with Crippen LogP contribution in [0.3, 0.4) is 0 Å². The number of nitrogens with one attached hydrogen (secondary N) is 1. The molecule has 0 aromatic rings. The first-order valence-corrected chi connectivity index (χ1v) is 7.47. The van der Waals surface area contributed by atoms with Crippen molar-refractivity contribution in [1.29, 1.82) is 0 Å². The van der Waals surface area contributed by atoms with Crippen LogP contribution in [0.25, 0.3) is 0 Å². The highest BCUT2D eigenvalue weighted by Crippen LogP contribution is 2.32. The van der Waals surface area contributed by atoms with Crippen LogP contribution in [0.5, 0.6) is 0 Å². The summed E-state index contributed by atoms with van der Waals surface area (Å²) < 4.78 is 0. The molecule has 4 nitrogen and oxygen atoms in total. The summed E-state index contributed by atoms with van der Waals surface area (Å²) >= 11 is 0. The minimum Gasteiger partial charge on any atom is -0.393 e. The van der Waals surface area contributed by atoms with Gasteiger partial charge in [0, 0.05) is 13.0 Å². The standard InChI is InChI=1S/C15H30N2O2/c1-15(2,3)12(6-7-16)4-5-14(19)17-10-11-8-13(18)9-11/h11-13,18H,4-10,16H2,1-3H3,(H,17,19). The second-order valence-electron chi connectivity index (χ2n) is 6.97. The van der Waals surface area contributed by atoms with Gasteiger partial charge in [-0.05, 0) is 49.5 Å². The summed E-state index contributed by atoms with van der Waals surface area (Å²) in [6, 6.07) is 0. The lowest BCUT2D eigenvalue weighted by molar-refractivity contribution is -0.122. The van der Waals surface area contributed by atoms with Crippen molar-refractivity contribution in [3.05, 3.63) is 0 Å². The van der Waals surface area contributed by atoms with Crippen LogP contribution in [-0.2, 0) is 4.79 Å². The van der Waals surface area contributed by atoms with Crippen LogP contribution in [-0.4, -0.2) is 30.2 Å². The van der Waals surface area contributed by atoms with E-state index in [0.29, 0.717) is 31.3 Å². The number of aliphatic hydroxyl groups is 1. The molecule has 0 radical (unpaired) electrons. The molecule has 1 rings (SSSR count). The van der Waals surface area contributed by atoms with Crippen LogP contribution in [0.15, 0.2) is 0 Å². The Hall–Kier alpha value is -0.610. The van der Waals surface area contributed by atoms with Crippen molar-refractivity contribution in [3.8, 4) is 0 Å². The Morgan fingerprint density at radius 1 is 1.37 bits per heavy atom. The molecular weight excluding hydrogens is 240 g/mol. The van der Waals surface area contributed by atoms with Gasteiger partial charge in [-0.3, -0.25) is 4.79 Å². The molecule has 0 saturated heterocycles. The molecule has 0 aliphatic heterocycles. The summed E-state index contributed by atoms with van der Waals surface area (Å²) in [5.74, 6) is 1.10. The lowest BCUT2D eigenvalue weighted by Gasteiger charge is -2.32. The molecule has 0 bridgehead atoms. The van der Waals surface area contributed by atoms with Crippen LogP contribution < -0.4 is 11.1 Å². The molecule has 19 heavy (non-hydrogen) atoms. The summed E-state index contributed by atoms with van der Waals surface area (Å²) in [4.78, 5) is 11.8. The van der Waals surface area contributed by atoms with Gasteiger partial charge in [0.25, 0.3) is 0 Å². The van der Waals surface area contributed by atoms with E-state index in [9.17, 15) is 9.90 Å². The quantitative estimate of drug-likeness (QED) is 0.658. The van der Waals surface area contributed by atoms with E-state index in [2.05, 4.69) is 26.1 Å². The van der Waals surface area contributed by atoms with Crippen molar-refractivity contribution in [3.63, 3.8) is 0 Å². The Morgan fingerprint density at radius 2 is 2.00 bits per heavy atom. The molecule has 1 aliphatic rings. The molecule has 0 aromatic carbocycles. The van der Waals surface area contributed by atoms with Gasteiger partial charge in [0.2, 0.25) is 5.91 Å². The third-order valence-electron chi connectivity index (χ3n) is 4.26. The van der Waals surface area contributed by atoms with Gasteiger partial charge in [-0.25, -0.2) is 0 Å². The van der Waals surface area contributed by atoms with E-state index < -0.39 is 0 Å². The molecule has 1 saturated carbocycles. The van der Waals surface area contributed by atoms with Gasteiger partial charge < -0.3 is 16.2 Å². The monoisotopic (exact) mass is 270 g/mol. The summed E-state index contributed by atoms with van der Waals surface area (Å²) in [6.45, 7) is 8.03. The second kappa shape index (κ2) is 7.25. The Bertz CT molecular complexity index is 280. The maximum absolute atomic E-state index is 11.8. The van der Waals surface area contributed by atoms with Gasteiger partial charge in [0.15, 0.2) is 0 Å². The van der Waals surface area contributed by atoms with Crippen LogP contribution in [0.4, 0.5) is 0 Å². The first kappa shape index (κ1) is 16.4. The SMILES string of the molecule is CC(C)(C)C(CCN)CCC(=O)NCC1CC(O)C1. The number of carbonyl (C=O) groups is 1. The topological polar surface area (TPSA) is 75.4 Å². The van der Waals surface area contributed by atoms with E-state index >= 15 is 0 Å². The molecule has 4 heteroatoms. The second-order valence-corrected chi connectivity index (χ2v) is 6.97. The summed E-state index contributed by atoms with van der Waals surface area (Å²) in [5, 5.41) is 12.2. The lowest BCUT2D eigenvalue weighted by atomic mass is 9.76. The van der Waals surface area contributed by atoms with Crippen LogP contribution >= 0.6 is 0 Å². The highest BCUT2D eigenvalue weighted by atomic mass is 16.3. The van der Waals surface area contributed by atoms with E-state index in [-0.39, 0.29) is 17.4 Å². The fraction of sp³-hybridized carbons (Fsp3) is 0.933. The highest BCUT2D eigenvalue weighted by molar-refractivity contribution is 5.75. The van der Waals surface area contributed by atoms with Crippen molar-refractivity contribution >= 4 is 5.91 Å². The van der Waals surface area contributed by atoms with E-state index in [1.807, 2.05) is 0 Å². The third-order valence-corrected chi connectivity index (χ3v) is 4.26. The zero-order valence-corrected chi connectivity index (χ0v) is 12.6. The summed E-state index contributed by atoms with van der Waals surface area (Å²) in [7, 11) is 0. The number of hydrogen-bond donors (Lipinski definition) is 3. The molecule has 1 fully saturated rings. The van der Waals surface area contributed by atoms with Crippen LogP contribution in [0.1, 0.15) is 52.9 Å². The maximum atomic E-state index is 11.8. The molecular formula is C15H30N2O2. The van der Waals surface area contributed by atoms with Gasteiger partial charge in [0.05, 0.1) is 6.10 Å².